The number of hydrogen-bond acceptors (Lipinski definition) is 4. The Morgan fingerprint density at radius 3 is 2.50 bits per heavy atom. The Balaban J connectivity index is 2.79. The van der Waals surface area contributed by atoms with Gasteiger partial charge in [0.25, 0.3) is 5.91 Å². The highest BCUT2D eigenvalue weighted by Gasteiger charge is 2.21. The topological polar surface area (TPSA) is 117 Å². The summed E-state index contributed by atoms with van der Waals surface area (Å²) < 4.78 is 0. The molecule has 0 radical (unpaired) electrons. The molecule has 0 aliphatic carbocycles. The predicted molar refractivity (Wildman–Crippen MR) is 69.7 cm³/mol. The van der Waals surface area contributed by atoms with E-state index in [1.165, 1.54) is 12.1 Å². The largest absolute Gasteiger partial charge is 0.481 e. The number of aliphatic carboxylic acids is 2. The molecule has 1 atom stereocenters. The van der Waals surface area contributed by atoms with Crippen molar-refractivity contribution in [3.05, 3.63) is 28.5 Å². The van der Waals surface area contributed by atoms with Crippen molar-refractivity contribution in [3.63, 3.8) is 0 Å². The molecule has 0 bridgehead atoms. The van der Waals surface area contributed by atoms with Crippen LogP contribution in [0.4, 0.5) is 0 Å². The van der Waals surface area contributed by atoms with E-state index < -0.39 is 23.9 Å². The summed E-state index contributed by atoms with van der Waals surface area (Å²) in [6.45, 7) is 1.64. The minimum atomic E-state index is -1.29. The molecular weight excluding hydrogens is 288 g/mol. The number of pyridine rings is 1. The van der Waals surface area contributed by atoms with Crippen LogP contribution in [0.25, 0.3) is 0 Å². The van der Waals surface area contributed by atoms with Gasteiger partial charge in [-0.2, -0.15) is 0 Å². The summed E-state index contributed by atoms with van der Waals surface area (Å²) in [5, 5.41) is 19.9. The van der Waals surface area contributed by atoms with E-state index in [0.29, 0.717) is 5.69 Å². The molecule has 0 aliphatic heterocycles. The van der Waals surface area contributed by atoms with Crippen LogP contribution < -0.4 is 5.32 Å². The molecule has 1 amide bonds. The van der Waals surface area contributed by atoms with E-state index in [1.54, 1.807) is 6.92 Å². The molecule has 1 aromatic heterocycles. The highest BCUT2D eigenvalue weighted by Crippen LogP contribution is 2.11. The van der Waals surface area contributed by atoms with Crippen molar-refractivity contribution in [3.8, 4) is 0 Å². The summed E-state index contributed by atoms with van der Waals surface area (Å²) in [4.78, 5) is 37.2. The normalized spacial score (nSPS) is 11.7. The third-order valence-electron chi connectivity index (χ3n) is 2.43. The number of rotatable bonds is 6. The molecule has 108 valence electrons. The van der Waals surface area contributed by atoms with E-state index >= 15 is 0 Å². The van der Waals surface area contributed by atoms with Crippen molar-refractivity contribution in [2.75, 3.05) is 0 Å². The number of halogens is 1. The highest BCUT2D eigenvalue weighted by molar-refractivity contribution is 6.29. The first kappa shape index (κ1) is 15.9. The van der Waals surface area contributed by atoms with Gasteiger partial charge in [-0.1, -0.05) is 11.6 Å². The Labute approximate surface area is 119 Å². The second-order valence-corrected chi connectivity index (χ2v) is 4.50. The van der Waals surface area contributed by atoms with Gasteiger partial charge in [-0.15, -0.1) is 0 Å². The van der Waals surface area contributed by atoms with Crippen molar-refractivity contribution >= 4 is 29.4 Å². The van der Waals surface area contributed by atoms with Gasteiger partial charge < -0.3 is 15.5 Å². The maximum absolute atomic E-state index is 11.9. The van der Waals surface area contributed by atoms with Crippen LogP contribution in [0.5, 0.6) is 0 Å². The van der Waals surface area contributed by atoms with Crippen LogP contribution in [0, 0.1) is 6.92 Å². The summed E-state index contributed by atoms with van der Waals surface area (Å²) in [6.07, 6.45) is -0.554. The van der Waals surface area contributed by atoms with Crippen molar-refractivity contribution in [2.24, 2.45) is 0 Å². The molecule has 7 nitrogen and oxygen atoms in total. The van der Waals surface area contributed by atoms with Gasteiger partial charge in [-0.25, -0.2) is 9.78 Å². The van der Waals surface area contributed by atoms with E-state index in [2.05, 4.69) is 10.3 Å². The molecule has 20 heavy (non-hydrogen) atoms. The van der Waals surface area contributed by atoms with Crippen molar-refractivity contribution in [1.29, 1.82) is 0 Å². The quantitative estimate of drug-likeness (QED) is 0.677. The minimum Gasteiger partial charge on any atom is -0.481 e. The standard InChI is InChI=1S/C12H13ClN2O5/c1-6-4-7(5-9(13)14-6)11(18)15-8(12(19)20)2-3-10(16)17/h4-5,8H,2-3H2,1H3,(H,15,18)(H,16,17)(H,19,20)/t8-/m0/s1. The average molecular weight is 301 g/mol. The summed E-state index contributed by atoms with van der Waals surface area (Å²) in [6, 6.07) is 1.49. The lowest BCUT2D eigenvalue weighted by atomic mass is 10.1. The number of hydrogen-bond donors (Lipinski definition) is 3. The van der Waals surface area contributed by atoms with Gasteiger partial charge in [0, 0.05) is 17.7 Å². The first-order valence-corrected chi connectivity index (χ1v) is 6.07. The fraction of sp³-hybridized carbons (Fsp3) is 0.333. The number of amides is 1. The minimum absolute atomic E-state index is 0.118. The molecule has 1 rings (SSSR count). The monoisotopic (exact) mass is 300 g/mol. The van der Waals surface area contributed by atoms with E-state index in [0.717, 1.165) is 0 Å². The second kappa shape index (κ2) is 6.85. The lowest BCUT2D eigenvalue weighted by Crippen LogP contribution is -2.41. The zero-order valence-corrected chi connectivity index (χ0v) is 11.3. The van der Waals surface area contributed by atoms with Gasteiger partial charge >= 0.3 is 11.9 Å². The van der Waals surface area contributed by atoms with E-state index in [-0.39, 0.29) is 23.6 Å². The first-order chi connectivity index (χ1) is 9.29. The SMILES string of the molecule is Cc1cc(C(=O)N[C@@H](CCC(=O)O)C(=O)O)cc(Cl)n1. The average Bonchev–Trinajstić information content (AvgIpc) is 2.32. The summed E-state index contributed by atoms with van der Waals surface area (Å²) in [5.74, 6) is -3.07. The van der Waals surface area contributed by atoms with Crippen molar-refractivity contribution < 1.29 is 24.6 Å². The van der Waals surface area contributed by atoms with Crippen LogP contribution in [-0.4, -0.2) is 39.1 Å². The molecular formula is C12H13ClN2O5. The van der Waals surface area contributed by atoms with Gasteiger partial charge in [0.1, 0.15) is 11.2 Å². The number of carbonyl (C=O) groups is 3. The first-order valence-electron chi connectivity index (χ1n) is 5.69. The van der Waals surface area contributed by atoms with Gasteiger partial charge in [0.05, 0.1) is 0 Å². The zero-order chi connectivity index (χ0) is 15.3. The smallest absolute Gasteiger partial charge is 0.326 e. The van der Waals surface area contributed by atoms with Crippen LogP contribution in [-0.2, 0) is 9.59 Å². The summed E-state index contributed by atoms with van der Waals surface area (Å²) in [7, 11) is 0. The van der Waals surface area contributed by atoms with Crippen LogP contribution >= 0.6 is 11.6 Å². The lowest BCUT2D eigenvalue weighted by Gasteiger charge is -2.13. The molecule has 0 saturated heterocycles. The highest BCUT2D eigenvalue weighted by atomic mass is 35.5. The van der Waals surface area contributed by atoms with Gasteiger partial charge in [-0.05, 0) is 25.5 Å². The maximum atomic E-state index is 11.9. The molecule has 0 aliphatic rings. The molecule has 0 aromatic carbocycles. The van der Waals surface area contributed by atoms with Crippen LogP contribution in [0.2, 0.25) is 5.15 Å². The second-order valence-electron chi connectivity index (χ2n) is 4.12. The molecule has 0 saturated carbocycles. The fourth-order valence-electron chi connectivity index (χ4n) is 1.53. The molecule has 3 N–H and O–H groups in total. The molecule has 1 heterocycles. The zero-order valence-electron chi connectivity index (χ0n) is 10.6. The molecule has 1 aromatic rings. The number of nitrogens with zero attached hydrogens (tertiary/aromatic N) is 1. The van der Waals surface area contributed by atoms with Crippen LogP contribution in [0.1, 0.15) is 28.9 Å². The van der Waals surface area contributed by atoms with Gasteiger partial charge in [0.15, 0.2) is 0 Å². The van der Waals surface area contributed by atoms with Crippen LogP contribution in [0.3, 0.4) is 0 Å². The van der Waals surface area contributed by atoms with Crippen molar-refractivity contribution in [2.45, 2.75) is 25.8 Å². The van der Waals surface area contributed by atoms with Gasteiger partial charge in [-0.3, -0.25) is 9.59 Å². The molecule has 8 heteroatoms. The Morgan fingerprint density at radius 2 is 2.00 bits per heavy atom. The Hall–Kier alpha value is -2.15. The maximum Gasteiger partial charge on any atom is 0.326 e. The summed E-state index contributed by atoms with van der Waals surface area (Å²) >= 11 is 5.71. The molecule has 0 spiro atoms. The third-order valence-corrected chi connectivity index (χ3v) is 2.63. The number of carboxylic acids is 2. The number of carboxylic acid groups (broad SMARTS) is 2. The third kappa shape index (κ3) is 4.85. The molecule has 0 unspecified atom stereocenters. The number of carbonyl (C=O) groups excluding carboxylic acids is 1. The Morgan fingerprint density at radius 1 is 1.35 bits per heavy atom. The lowest BCUT2D eigenvalue weighted by molar-refractivity contribution is -0.140. The van der Waals surface area contributed by atoms with E-state index in [1.807, 2.05) is 0 Å². The Kier molecular flexibility index (Phi) is 5.45. The fourth-order valence-corrected chi connectivity index (χ4v) is 1.78. The number of aryl methyl sites for hydroxylation is 1. The Bertz CT molecular complexity index is 526. The van der Waals surface area contributed by atoms with Crippen molar-refractivity contribution in [1.82, 2.24) is 10.3 Å². The van der Waals surface area contributed by atoms with Gasteiger partial charge in [0.2, 0.25) is 0 Å². The van der Waals surface area contributed by atoms with E-state index in [9.17, 15) is 14.4 Å². The van der Waals surface area contributed by atoms with E-state index in [4.69, 9.17) is 21.8 Å². The molecule has 0 fully saturated rings. The summed E-state index contributed by atoms with van der Waals surface area (Å²) in [5.41, 5.74) is 0.684. The number of nitrogens with one attached hydrogen (secondary N) is 1. The number of aromatic nitrogens is 1. The van der Waals surface area contributed by atoms with Crippen LogP contribution in [0.15, 0.2) is 12.1 Å². The predicted octanol–water partition coefficient (Wildman–Crippen LogP) is 1.09.